The number of methoxy groups -OCH3 is 1. The maximum atomic E-state index is 11.8. The molecule has 4 rings (SSSR count). The zero-order chi connectivity index (χ0) is 16.7. The quantitative estimate of drug-likeness (QED) is 0.612. The standard InChI is InChI=1S/C19H16N2O2S/c1-23-13-6-7-15-16(19(20)22)11-21(17(15)9-13)10-14-8-12-4-2-3-5-18(12)24-14/h2-9,11H,10H2,1H3,(H2,20,22). The van der Waals surface area contributed by atoms with Crippen molar-refractivity contribution in [2.45, 2.75) is 6.54 Å². The molecule has 2 N–H and O–H groups in total. The molecule has 120 valence electrons. The van der Waals surface area contributed by atoms with Gasteiger partial charge in [-0.05, 0) is 29.7 Å². The average Bonchev–Trinajstić information content (AvgIpc) is 3.15. The summed E-state index contributed by atoms with van der Waals surface area (Å²) in [6.45, 7) is 0.691. The highest BCUT2D eigenvalue weighted by molar-refractivity contribution is 7.19. The van der Waals surface area contributed by atoms with E-state index in [2.05, 4.69) is 22.8 Å². The van der Waals surface area contributed by atoms with Crippen molar-refractivity contribution in [3.63, 3.8) is 0 Å². The fraction of sp³-hybridized carbons (Fsp3) is 0.105. The van der Waals surface area contributed by atoms with Crippen molar-refractivity contribution >= 4 is 38.2 Å². The summed E-state index contributed by atoms with van der Waals surface area (Å²) in [7, 11) is 1.63. The Hall–Kier alpha value is -2.79. The van der Waals surface area contributed by atoms with Gasteiger partial charge < -0.3 is 15.0 Å². The van der Waals surface area contributed by atoms with E-state index in [9.17, 15) is 4.79 Å². The van der Waals surface area contributed by atoms with Crippen LogP contribution in [0.1, 0.15) is 15.2 Å². The summed E-state index contributed by atoms with van der Waals surface area (Å²) < 4.78 is 8.64. The highest BCUT2D eigenvalue weighted by atomic mass is 32.1. The molecule has 4 nitrogen and oxygen atoms in total. The summed E-state index contributed by atoms with van der Waals surface area (Å²) in [6, 6.07) is 16.2. The Morgan fingerprint density at radius 3 is 2.79 bits per heavy atom. The molecule has 0 fully saturated rings. The maximum Gasteiger partial charge on any atom is 0.250 e. The number of carbonyl (C=O) groups is 1. The molecule has 0 saturated carbocycles. The molecular weight excluding hydrogens is 320 g/mol. The average molecular weight is 336 g/mol. The number of primary amides is 1. The van der Waals surface area contributed by atoms with Crippen LogP contribution < -0.4 is 10.5 Å². The minimum Gasteiger partial charge on any atom is -0.497 e. The first-order chi connectivity index (χ1) is 11.7. The van der Waals surface area contributed by atoms with Crippen molar-refractivity contribution in [3.8, 4) is 5.75 Å². The Morgan fingerprint density at radius 2 is 2.04 bits per heavy atom. The molecule has 0 aliphatic rings. The Morgan fingerprint density at radius 1 is 1.21 bits per heavy atom. The van der Waals surface area contributed by atoms with Gasteiger partial charge in [-0.3, -0.25) is 4.79 Å². The highest BCUT2D eigenvalue weighted by Crippen LogP contribution is 2.30. The van der Waals surface area contributed by atoms with Crippen LogP contribution in [-0.2, 0) is 6.54 Å². The van der Waals surface area contributed by atoms with Gasteiger partial charge in [0.15, 0.2) is 0 Å². The second kappa shape index (κ2) is 5.69. The van der Waals surface area contributed by atoms with Crippen molar-refractivity contribution in [2.24, 2.45) is 5.73 Å². The molecule has 2 aromatic carbocycles. The predicted molar refractivity (Wildman–Crippen MR) is 97.9 cm³/mol. The summed E-state index contributed by atoms with van der Waals surface area (Å²) in [5, 5.41) is 2.09. The number of thiophene rings is 1. The van der Waals surface area contributed by atoms with E-state index >= 15 is 0 Å². The monoisotopic (exact) mass is 336 g/mol. The van der Waals surface area contributed by atoms with Gasteiger partial charge in [-0.15, -0.1) is 11.3 Å². The molecule has 2 aromatic heterocycles. The van der Waals surface area contributed by atoms with Crippen molar-refractivity contribution in [1.29, 1.82) is 0 Å². The SMILES string of the molecule is COc1ccc2c(C(N)=O)cn(Cc3cc4ccccc4s3)c2c1. The molecule has 4 aromatic rings. The van der Waals surface area contributed by atoms with E-state index < -0.39 is 5.91 Å². The third-order valence-electron chi connectivity index (χ3n) is 4.16. The van der Waals surface area contributed by atoms with E-state index in [4.69, 9.17) is 10.5 Å². The topological polar surface area (TPSA) is 57.2 Å². The lowest BCUT2D eigenvalue weighted by Crippen LogP contribution is -2.10. The van der Waals surface area contributed by atoms with Gasteiger partial charge in [0.25, 0.3) is 5.91 Å². The molecule has 0 atom stereocenters. The molecule has 0 aliphatic carbocycles. The number of carbonyl (C=O) groups excluding carboxylic acids is 1. The molecule has 2 heterocycles. The molecule has 24 heavy (non-hydrogen) atoms. The fourth-order valence-electron chi connectivity index (χ4n) is 3.01. The van der Waals surface area contributed by atoms with E-state index in [-0.39, 0.29) is 0 Å². The van der Waals surface area contributed by atoms with Gasteiger partial charge >= 0.3 is 0 Å². The molecule has 0 spiro atoms. The number of aromatic nitrogens is 1. The fourth-order valence-corrected chi connectivity index (χ4v) is 4.07. The number of ether oxygens (including phenoxy) is 1. The van der Waals surface area contributed by atoms with Crippen molar-refractivity contribution in [1.82, 2.24) is 4.57 Å². The summed E-state index contributed by atoms with van der Waals surface area (Å²) in [6.07, 6.45) is 1.83. The van der Waals surface area contributed by atoms with Crippen LogP contribution in [-0.4, -0.2) is 17.6 Å². The molecule has 0 aliphatic heterocycles. The zero-order valence-corrected chi connectivity index (χ0v) is 14.0. The summed E-state index contributed by atoms with van der Waals surface area (Å²) >= 11 is 1.76. The van der Waals surface area contributed by atoms with E-state index in [0.29, 0.717) is 12.1 Å². The Kier molecular flexibility index (Phi) is 3.50. The maximum absolute atomic E-state index is 11.8. The van der Waals surface area contributed by atoms with Crippen LogP contribution >= 0.6 is 11.3 Å². The van der Waals surface area contributed by atoms with Gasteiger partial charge in [0.05, 0.1) is 24.7 Å². The van der Waals surface area contributed by atoms with E-state index in [1.165, 1.54) is 15.0 Å². The van der Waals surface area contributed by atoms with Crippen LogP contribution in [0.15, 0.2) is 54.7 Å². The molecule has 1 amide bonds. The van der Waals surface area contributed by atoms with Crippen molar-refractivity contribution in [2.75, 3.05) is 7.11 Å². The van der Waals surface area contributed by atoms with Gasteiger partial charge in [-0.2, -0.15) is 0 Å². The first kappa shape index (κ1) is 14.8. The third kappa shape index (κ3) is 2.43. The van der Waals surface area contributed by atoms with Crippen LogP contribution in [0.3, 0.4) is 0 Å². The number of nitrogens with two attached hydrogens (primary N) is 1. The highest BCUT2D eigenvalue weighted by Gasteiger charge is 2.14. The second-order valence-electron chi connectivity index (χ2n) is 5.67. The van der Waals surface area contributed by atoms with Gasteiger partial charge in [0.2, 0.25) is 0 Å². The number of hydrogen-bond donors (Lipinski definition) is 1. The summed E-state index contributed by atoms with van der Waals surface area (Å²) in [4.78, 5) is 13.0. The first-order valence-corrected chi connectivity index (χ1v) is 8.41. The van der Waals surface area contributed by atoms with Crippen LogP contribution in [0, 0.1) is 0 Å². The normalized spacial score (nSPS) is 11.2. The zero-order valence-electron chi connectivity index (χ0n) is 13.2. The number of benzene rings is 2. The number of fused-ring (bicyclic) bond motifs is 2. The van der Waals surface area contributed by atoms with Crippen LogP contribution in [0.25, 0.3) is 21.0 Å². The van der Waals surface area contributed by atoms with Crippen molar-refractivity contribution < 1.29 is 9.53 Å². The molecule has 0 unspecified atom stereocenters. The second-order valence-corrected chi connectivity index (χ2v) is 6.84. The van der Waals surface area contributed by atoms with Gasteiger partial charge in [-0.1, -0.05) is 18.2 Å². The van der Waals surface area contributed by atoms with E-state index in [0.717, 1.165) is 16.7 Å². The third-order valence-corrected chi connectivity index (χ3v) is 5.26. The van der Waals surface area contributed by atoms with Crippen LogP contribution in [0.2, 0.25) is 0 Å². The Bertz CT molecular complexity index is 1030. The van der Waals surface area contributed by atoms with Gasteiger partial charge in [0, 0.05) is 27.2 Å². The Labute approximate surface area is 143 Å². The lowest BCUT2D eigenvalue weighted by molar-refractivity contribution is 0.100. The van der Waals surface area contributed by atoms with Gasteiger partial charge in [0.1, 0.15) is 5.75 Å². The van der Waals surface area contributed by atoms with Crippen LogP contribution in [0.4, 0.5) is 0 Å². The Balaban J connectivity index is 1.84. The molecule has 0 saturated heterocycles. The predicted octanol–water partition coefficient (Wildman–Crippen LogP) is 4.01. The number of nitrogens with zero attached hydrogens (tertiary/aromatic N) is 1. The first-order valence-electron chi connectivity index (χ1n) is 7.60. The summed E-state index contributed by atoms with van der Waals surface area (Å²) in [5.74, 6) is 0.342. The lowest BCUT2D eigenvalue weighted by Gasteiger charge is -2.05. The number of hydrogen-bond acceptors (Lipinski definition) is 3. The molecular formula is C19H16N2O2S. The molecule has 0 radical (unpaired) electrons. The summed E-state index contributed by atoms with van der Waals surface area (Å²) in [5.41, 5.74) is 7.02. The van der Waals surface area contributed by atoms with Crippen LogP contribution in [0.5, 0.6) is 5.75 Å². The minimum atomic E-state index is -0.416. The van der Waals surface area contributed by atoms with Gasteiger partial charge in [-0.25, -0.2) is 0 Å². The molecule has 0 bridgehead atoms. The van der Waals surface area contributed by atoms with Crippen molar-refractivity contribution in [3.05, 3.63) is 65.2 Å². The largest absolute Gasteiger partial charge is 0.497 e. The van der Waals surface area contributed by atoms with E-state index in [1.54, 1.807) is 18.4 Å². The minimum absolute atomic E-state index is 0.416. The number of amides is 1. The molecule has 5 heteroatoms. The smallest absolute Gasteiger partial charge is 0.250 e. The lowest BCUT2D eigenvalue weighted by atomic mass is 10.1. The number of rotatable bonds is 4. The van der Waals surface area contributed by atoms with E-state index in [1.807, 2.05) is 36.5 Å².